The number of nitrogens with zero attached hydrogens (tertiary/aromatic N) is 1. The van der Waals surface area contributed by atoms with Crippen LogP contribution in [0.2, 0.25) is 0 Å². The standard InChI is InChI=1S/C17H24BrNO4/c1-13(2)23-12-6-10-19(11-9-16(20)22-3)17(21)14-7-4-5-8-15(14)18/h4-5,7-8,13H,6,9-12H2,1-3H3. The molecule has 0 bridgehead atoms. The molecule has 0 radical (unpaired) electrons. The highest BCUT2D eigenvalue weighted by atomic mass is 79.9. The summed E-state index contributed by atoms with van der Waals surface area (Å²) in [4.78, 5) is 25.7. The van der Waals surface area contributed by atoms with Crippen LogP contribution in [0.5, 0.6) is 0 Å². The summed E-state index contributed by atoms with van der Waals surface area (Å²) >= 11 is 3.40. The van der Waals surface area contributed by atoms with E-state index in [-0.39, 0.29) is 24.4 Å². The van der Waals surface area contributed by atoms with E-state index in [4.69, 9.17) is 4.74 Å². The monoisotopic (exact) mass is 385 g/mol. The number of esters is 1. The lowest BCUT2D eigenvalue weighted by atomic mass is 10.2. The summed E-state index contributed by atoms with van der Waals surface area (Å²) in [5.41, 5.74) is 0.585. The van der Waals surface area contributed by atoms with Crippen LogP contribution in [-0.2, 0) is 14.3 Å². The van der Waals surface area contributed by atoms with Crippen molar-refractivity contribution in [1.82, 2.24) is 4.90 Å². The molecule has 0 spiro atoms. The molecule has 1 amide bonds. The van der Waals surface area contributed by atoms with Crippen LogP contribution in [0.25, 0.3) is 0 Å². The van der Waals surface area contributed by atoms with E-state index in [2.05, 4.69) is 20.7 Å². The fourth-order valence-corrected chi connectivity index (χ4v) is 2.48. The number of carbonyl (C=O) groups excluding carboxylic acids is 2. The Hall–Kier alpha value is -1.40. The fourth-order valence-electron chi connectivity index (χ4n) is 2.02. The number of hydrogen-bond acceptors (Lipinski definition) is 4. The van der Waals surface area contributed by atoms with Gasteiger partial charge in [-0.1, -0.05) is 12.1 Å². The molecular weight excluding hydrogens is 362 g/mol. The second-order valence-electron chi connectivity index (χ2n) is 5.37. The maximum atomic E-state index is 12.7. The van der Waals surface area contributed by atoms with Crippen molar-refractivity contribution in [3.63, 3.8) is 0 Å². The number of halogens is 1. The van der Waals surface area contributed by atoms with Crippen LogP contribution in [0.4, 0.5) is 0 Å². The van der Waals surface area contributed by atoms with Gasteiger partial charge in [-0.05, 0) is 48.3 Å². The average Bonchev–Trinajstić information content (AvgIpc) is 2.53. The van der Waals surface area contributed by atoms with Gasteiger partial charge in [0.1, 0.15) is 0 Å². The number of rotatable bonds is 9. The highest BCUT2D eigenvalue weighted by Crippen LogP contribution is 2.18. The normalized spacial score (nSPS) is 10.7. The highest BCUT2D eigenvalue weighted by molar-refractivity contribution is 9.10. The molecule has 0 saturated heterocycles. The average molecular weight is 386 g/mol. The van der Waals surface area contributed by atoms with Crippen molar-refractivity contribution in [3.05, 3.63) is 34.3 Å². The van der Waals surface area contributed by atoms with Gasteiger partial charge >= 0.3 is 5.97 Å². The molecule has 1 aromatic rings. The van der Waals surface area contributed by atoms with Crippen LogP contribution in [0, 0.1) is 0 Å². The van der Waals surface area contributed by atoms with Gasteiger partial charge in [-0.2, -0.15) is 0 Å². The Kier molecular flexibility index (Phi) is 8.87. The molecule has 23 heavy (non-hydrogen) atoms. The molecule has 0 aliphatic heterocycles. The van der Waals surface area contributed by atoms with E-state index < -0.39 is 0 Å². The quantitative estimate of drug-likeness (QED) is 0.483. The first-order valence-electron chi connectivity index (χ1n) is 7.68. The Morgan fingerprint density at radius 3 is 2.52 bits per heavy atom. The van der Waals surface area contributed by atoms with Crippen LogP contribution >= 0.6 is 15.9 Å². The van der Waals surface area contributed by atoms with E-state index in [0.29, 0.717) is 25.3 Å². The van der Waals surface area contributed by atoms with Crippen molar-refractivity contribution in [2.45, 2.75) is 32.8 Å². The van der Waals surface area contributed by atoms with Crippen LogP contribution in [0.1, 0.15) is 37.0 Å². The molecule has 1 rings (SSSR count). The van der Waals surface area contributed by atoms with Gasteiger partial charge in [0, 0.05) is 24.2 Å². The lowest BCUT2D eigenvalue weighted by Crippen LogP contribution is -2.35. The first-order chi connectivity index (χ1) is 11.0. The van der Waals surface area contributed by atoms with Crippen LogP contribution in [0.15, 0.2) is 28.7 Å². The van der Waals surface area contributed by atoms with E-state index in [1.54, 1.807) is 11.0 Å². The van der Waals surface area contributed by atoms with E-state index >= 15 is 0 Å². The fraction of sp³-hybridized carbons (Fsp3) is 0.529. The second kappa shape index (κ2) is 10.4. The summed E-state index contributed by atoms with van der Waals surface area (Å²) in [6, 6.07) is 7.27. The molecule has 0 fully saturated rings. The Bertz CT molecular complexity index is 519. The molecule has 0 aromatic heterocycles. The van der Waals surface area contributed by atoms with Crippen molar-refractivity contribution in [3.8, 4) is 0 Å². The van der Waals surface area contributed by atoms with Crippen LogP contribution in [0.3, 0.4) is 0 Å². The zero-order valence-electron chi connectivity index (χ0n) is 13.9. The van der Waals surface area contributed by atoms with Crippen molar-refractivity contribution in [2.24, 2.45) is 0 Å². The van der Waals surface area contributed by atoms with Gasteiger partial charge in [-0.25, -0.2) is 0 Å². The third-order valence-corrected chi connectivity index (χ3v) is 3.92. The number of benzene rings is 1. The van der Waals surface area contributed by atoms with Gasteiger partial charge in [-0.3, -0.25) is 9.59 Å². The minimum atomic E-state index is -0.326. The van der Waals surface area contributed by atoms with Gasteiger partial charge in [0.15, 0.2) is 0 Å². The summed E-state index contributed by atoms with van der Waals surface area (Å²) in [6.07, 6.45) is 1.06. The van der Waals surface area contributed by atoms with E-state index in [9.17, 15) is 9.59 Å². The highest BCUT2D eigenvalue weighted by Gasteiger charge is 2.18. The summed E-state index contributed by atoms with van der Waals surface area (Å²) in [5.74, 6) is -0.431. The van der Waals surface area contributed by atoms with Crippen LogP contribution < -0.4 is 0 Å². The Balaban J connectivity index is 2.71. The molecule has 0 atom stereocenters. The molecule has 0 aliphatic rings. The van der Waals surface area contributed by atoms with E-state index in [1.165, 1.54) is 7.11 Å². The topological polar surface area (TPSA) is 55.8 Å². The third-order valence-electron chi connectivity index (χ3n) is 3.23. The van der Waals surface area contributed by atoms with Gasteiger partial charge in [-0.15, -0.1) is 0 Å². The summed E-state index contributed by atoms with van der Waals surface area (Å²) in [7, 11) is 1.35. The van der Waals surface area contributed by atoms with Gasteiger partial charge in [0.2, 0.25) is 0 Å². The first-order valence-corrected chi connectivity index (χ1v) is 8.47. The van der Waals surface area contributed by atoms with Gasteiger partial charge in [0.25, 0.3) is 5.91 Å². The van der Waals surface area contributed by atoms with E-state index in [0.717, 1.165) is 10.9 Å². The van der Waals surface area contributed by atoms with Crippen molar-refractivity contribution in [1.29, 1.82) is 0 Å². The number of carbonyl (C=O) groups is 2. The smallest absolute Gasteiger partial charge is 0.307 e. The summed E-state index contributed by atoms with van der Waals surface area (Å²) in [6.45, 7) is 5.39. The van der Waals surface area contributed by atoms with Gasteiger partial charge in [0.05, 0.1) is 25.2 Å². The van der Waals surface area contributed by atoms with Crippen LogP contribution in [-0.4, -0.2) is 49.7 Å². The summed E-state index contributed by atoms with van der Waals surface area (Å²) in [5, 5.41) is 0. The molecule has 128 valence electrons. The molecule has 1 aromatic carbocycles. The van der Waals surface area contributed by atoms with Crippen molar-refractivity contribution < 1.29 is 19.1 Å². The minimum Gasteiger partial charge on any atom is -0.469 e. The summed E-state index contributed by atoms with van der Waals surface area (Å²) < 4.78 is 10.9. The molecule has 0 saturated carbocycles. The predicted octanol–water partition coefficient (Wildman–Crippen LogP) is 3.27. The third kappa shape index (κ3) is 7.14. The maximum absolute atomic E-state index is 12.7. The number of ether oxygens (including phenoxy) is 2. The van der Waals surface area contributed by atoms with Crippen molar-refractivity contribution in [2.75, 3.05) is 26.8 Å². The lowest BCUT2D eigenvalue weighted by Gasteiger charge is -2.23. The minimum absolute atomic E-state index is 0.106. The SMILES string of the molecule is COC(=O)CCN(CCCOC(C)C)C(=O)c1ccccc1Br. The Morgan fingerprint density at radius 2 is 1.91 bits per heavy atom. The molecule has 0 heterocycles. The molecule has 0 N–H and O–H groups in total. The predicted molar refractivity (Wildman–Crippen MR) is 92.4 cm³/mol. The number of amides is 1. The molecule has 0 unspecified atom stereocenters. The van der Waals surface area contributed by atoms with E-state index in [1.807, 2.05) is 32.0 Å². The molecule has 0 aliphatic carbocycles. The Morgan fingerprint density at radius 1 is 1.22 bits per heavy atom. The number of hydrogen-bond donors (Lipinski definition) is 0. The molecular formula is C17H24BrNO4. The molecule has 5 nitrogen and oxygen atoms in total. The second-order valence-corrected chi connectivity index (χ2v) is 6.23. The lowest BCUT2D eigenvalue weighted by molar-refractivity contribution is -0.140. The van der Waals surface area contributed by atoms with Crippen molar-refractivity contribution >= 4 is 27.8 Å². The zero-order valence-corrected chi connectivity index (χ0v) is 15.5. The molecule has 6 heteroatoms. The first kappa shape index (κ1) is 19.6. The number of methoxy groups -OCH3 is 1. The Labute approximate surface area is 146 Å². The zero-order chi connectivity index (χ0) is 17.2. The largest absolute Gasteiger partial charge is 0.469 e. The maximum Gasteiger partial charge on any atom is 0.307 e. The van der Waals surface area contributed by atoms with Gasteiger partial charge < -0.3 is 14.4 Å².